The lowest BCUT2D eigenvalue weighted by molar-refractivity contribution is -0.137. The molecule has 0 saturated carbocycles. The monoisotopic (exact) mass is 440 g/mol. The molecule has 1 aliphatic heterocycles. The van der Waals surface area contributed by atoms with Gasteiger partial charge in [0.1, 0.15) is 0 Å². The SMILES string of the molecule is O=C(c1c[nH]c2ccccc12)N1CCCC(c2nnc(-c3ccc(C(F)(F)F)cc3)o2)C1. The van der Waals surface area contributed by atoms with Crippen LogP contribution in [0.5, 0.6) is 0 Å². The molecule has 1 amide bonds. The zero-order chi connectivity index (χ0) is 22.3. The van der Waals surface area contributed by atoms with Crippen LogP contribution in [0.25, 0.3) is 22.4 Å². The molecule has 0 radical (unpaired) electrons. The van der Waals surface area contributed by atoms with Crippen molar-refractivity contribution >= 4 is 16.8 Å². The number of para-hydroxylation sites is 1. The van der Waals surface area contributed by atoms with Gasteiger partial charge in [0.15, 0.2) is 0 Å². The first-order valence-electron chi connectivity index (χ1n) is 10.3. The van der Waals surface area contributed by atoms with Gasteiger partial charge in [0.25, 0.3) is 5.91 Å². The van der Waals surface area contributed by atoms with Gasteiger partial charge in [-0.15, -0.1) is 10.2 Å². The highest BCUT2D eigenvalue weighted by Crippen LogP contribution is 2.32. The number of piperidine rings is 1. The van der Waals surface area contributed by atoms with E-state index in [1.165, 1.54) is 12.1 Å². The minimum absolute atomic E-state index is 0.0605. The molecule has 164 valence electrons. The standard InChI is InChI=1S/C23H19F3N4O2/c24-23(25,26)16-9-7-14(8-10-16)20-28-29-21(32-20)15-4-3-11-30(13-15)22(31)18-12-27-19-6-2-1-5-17(18)19/h1-2,5-10,12,15,27H,3-4,11,13H2. The summed E-state index contributed by atoms with van der Waals surface area (Å²) in [7, 11) is 0. The van der Waals surface area contributed by atoms with Crippen LogP contribution in [0.4, 0.5) is 13.2 Å². The second kappa shape index (κ2) is 7.81. The van der Waals surface area contributed by atoms with Crippen molar-refractivity contribution in [1.29, 1.82) is 0 Å². The van der Waals surface area contributed by atoms with Gasteiger partial charge in [0.2, 0.25) is 11.8 Å². The van der Waals surface area contributed by atoms with Crippen LogP contribution in [0, 0.1) is 0 Å². The lowest BCUT2D eigenvalue weighted by atomic mass is 9.97. The van der Waals surface area contributed by atoms with Crippen molar-refractivity contribution < 1.29 is 22.4 Å². The predicted molar refractivity (Wildman–Crippen MR) is 111 cm³/mol. The van der Waals surface area contributed by atoms with Crippen molar-refractivity contribution in [2.75, 3.05) is 13.1 Å². The van der Waals surface area contributed by atoms with Gasteiger partial charge in [-0.1, -0.05) is 18.2 Å². The van der Waals surface area contributed by atoms with Crippen LogP contribution in [-0.4, -0.2) is 39.1 Å². The molecule has 5 rings (SSSR count). The second-order valence-electron chi connectivity index (χ2n) is 7.86. The van der Waals surface area contributed by atoms with Crippen molar-refractivity contribution in [1.82, 2.24) is 20.1 Å². The van der Waals surface area contributed by atoms with Gasteiger partial charge < -0.3 is 14.3 Å². The number of benzene rings is 2. The largest absolute Gasteiger partial charge is 0.420 e. The van der Waals surface area contributed by atoms with Crippen molar-refractivity contribution in [2.45, 2.75) is 24.9 Å². The number of nitrogens with zero attached hydrogens (tertiary/aromatic N) is 3. The van der Waals surface area contributed by atoms with Crippen LogP contribution in [0.3, 0.4) is 0 Å². The van der Waals surface area contributed by atoms with E-state index in [1.54, 1.807) is 11.1 Å². The molecule has 4 aromatic rings. The Bertz CT molecular complexity index is 1260. The number of H-pyrrole nitrogens is 1. The number of fused-ring (bicyclic) bond motifs is 1. The Morgan fingerprint density at radius 3 is 2.66 bits per heavy atom. The maximum absolute atomic E-state index is 13.1. The Hall–Kier alpha value is -3.62. The number of halogens is 3. The van der Waals surface area contributed by atoms with E-state index in [2.05, 4.69) is 15.2 Å². The normalized spacial score (nSPS) is 17.1. The molecular formula is C23H19F3N4O2. The zero-order valence-electron chi connectivity index (χ0n) is 16.9. The van der Waals surface area contributed by atoms with Crippen LogP contribution in [0.15, 0.2) is 59.1 Å². The highest BCUT2D eigenvalue weighted by atomic mass is 19.4. The molecule has 3 heterocycles. The van der Waals surface area contributed by atoms with Crippen LogP contribution in [0.2, 0.25) is 0 Å². The third-order valence-electron chi connectivity index (χ3n) is 5.78. The summed E-state index contributed by atoms with van der Waals surface area (Å²) in [5, 5.41) is 9.00. The van der Waals surface area contributed by atoms with Crippen molar-refractivity contribution in [3.63, 3.8) is 0 Å². The summed E-state index contributed by atoms with van der Waals surface area (Å²) in [6, 6.07) is 12.2. The van der Waals surface area contributed by atoms with Gasteiger partial charge >= 0.3 is 6.18 Å². The van der Waals surface area contributed by atoms with E-state index in [9.17, 15) is 18.0 Å². The fraction of sp³-hybridized carbons (Fsp3) is 0.261. The number of rotatable bonds is 3. The number of hydrogen-bond donors (Lipinski definition) is 1. The fourth-order valence-electron chi connectivity index (χ4n) is 4.10. The molecule has 6 nitrogen and oxygen atoms in total. The summed E-state index contributed by atoms with van der Waals surface area (Å²) in [4.78, 5) is 18.0. The zero-order valence-corrected chi connectivity index (χ0v) is 16.9. The lowest BCUT2D eigenvalue weighted by Crippen LogP contribution is -2.39. The molecule has 1 fully saturated rings. The van der Waals surface area contributed by atoms with Crippen LogP contribution < -0.4 is 0 Å². The Labute approximate surface area is 181 Å². The van der Waals surface area contributed by atoms with Gasteiger partial charge in [-0.25, -0.2) is 0 Å². The maximum atomic E-state index is 13.1. The highest BCUT2D eigenvalue weighted by molar-refractivity contribution is 6.06. The molecule has 1 aliphatic rings. The number of aromatic amines is 1. The molecule has 1 unspecified atom stereocenters. The van der Waals surface area contributed by atoms with Crippen LogP contribution in [0.1, 0.15) is 40.6 Å². The minimum atomic E-state index is -4.40. The van der Waals surface area contributed by atoms with E-state index >= 15 is 0 Å². The number of carbonyl (C=O) groups excluding carboxylic acids is 1. The number of hydrogen-bond acceptors (Lipinski definition) is 4. The molecule has 1 saturated heterocycles. The molecule has 0 bridgehead atoms. The Morgan fingerprint density at radius 2 is 1.88 bits per heavy atom. The number of amides is 1. The quantitative estimate of drug-likeness (QED) is 0.472. The first kappa shape index (κ1) is 20.3. The smallest absolute Gasteiger partial charge is 0.416 e. The van der Waals surface area contributed by atoms with E-state index in [0.29, 0.717) is 30.1 Å². The molecule has 1 N–H and O–H groups in total. The molecule has 0 spiro atoms. The number of aromatic nitrogens is 3. The summed E-state index contributed by atoms with van der Waals surface area (Å²) < 4.78 is 44.1. The molecule has 0 aliphatic carbocycles. The maximum Gasteiger partial charge on any atom is 0.416 e. The van der Waals surface area contributed by atoms with E-state index in [1.807, 2.05) is 24.3 Å². The van der Waals surface area contributed by atoms with Gasteiger partial charge in [-0.3, -0.25) is 4.79 Å². The lowest BCUT2D eigenvalue weighted by Gasteiger charge is -2.31. The van der Waals surface area contributed by atoms with Gasteiger partial charge in [0.05, 0.1) is 17.0 Å². The van der Waals surface area contributed by atoms with Gasteiger partial charge in [-0.2, -0.15) is 13.2 Å². The second-order valence-corrected chi connectivity index (χ2v) is 7.86. The number of likely N-dealkylation sites (tertiary alicyclic amines) is 1. The molecule has 2 aromatic heterocycles. The van der Waals surface area contributed by atoms with Crippen molar-refractivity contribution in [2.24, 2.45) is 0 Å². The third-order valence-corrected chi connectivity index (χ3v) is 5.78. The highest BCUT2D eigenvalue weighted by Gasteiger charge is 2.31. The molecule has 1 atom stereocenters. The van der Waals surface area contributed by atoms with E-state index < -0.39 is 11.7 Å². The van der Waals surface area contributed by atoms with E-state index in [-0.39, 0.29) is 17.7 Å². The minimum Gasteiger partial charge on any atom is -0.420 e. The average Bonchev–Trinajstić information content (AvgIpc) is 3.46. The summed E-state index contributed by atoms with van der Waals surface area (Å²) in [5.74, 6) is 0.355. The first-order chi connectivity index (χ1) is 15.4. The van der Waals surface area contributed by atoms with Gasteiger partial charge in [-0.05, 0) is 43.2 Å². The Morgan fingerprint density at radius 1 is 1.09 bits per heavy atom. The number of carbonyl (C=O) groups is 1. The van der Waals surface area contributed by atoms with Crippen LogP contribution >= 0.6 is 0 Å². The summed E-state index contributed by atoms with van der Waals surface area (Å²) >= 11 is 0. The summed E-state index contributed by atoms with van der Waals surface area (Å²) in [5.41, 5.74) is 1.21. The summed E-state index contributed by atoms with van der Waals surface area (Å²) in [6.07, 6.45) is -1.10. The predicted octanol–water partition coefficient (Wildman–Crippen LogP) is 5.26. The Balaban J connectivity index is 1.33. The Kier molecular flexibility index (Phi) is 4.96. The molecular weight excluding hydrogens is 421 g/mol. The summed E-state index contributed by atoms with van der Waals surface area (Å²) in [6.45, 7) is 1.07. The van der Waals surface area contributed by atoms with Crippen molar-refractivity contribution in [3.05, 3.63) is 71.7 Å². The van der Waals surface area contributed by atoms with Crippen molar-refractivity contribution in [3.8, 4) is 11.5 Å². The first-order valence-corrected chi connectivity index (χ1v) is 10.3. The third kappa shape index (κ3) is 3.74. The topological polar surface area (TPSA) is 75.0 Å². The average molecular weight is 440 g/mol. The molecule has 9 heteroatoms. The number of nitrogens with one attached hydrogen (secondary N) is 1. The molecule has 2 aromatic carbocycles. The van der Waals surface area contributed by atoms with Crippen LogP contribution in [-0.2, 0) is 6.18 Å². The van der Waals surface area contributed by atoms with E-state index in [0.717, 1.165) is 35.9 Å². The molecule has 32 heavy (non-hydrogen) atoms. The van der Waals surface area contributed by atoms with Gasteiger partial charge in [0, 0.05) is 35.8 Å². The van der Waals surface area contributed by atoms with E-state index in [4.69, 9.17) is 4.42 Å². The fourth-order valence-corrected chi connectivity index (χ4v) is 4.10. The number of alkyl halides is 3.